The lowest BCUT2D eigenvalue weighted by Gasteiger charge is -2.33. The van der Waals surface area contributed by atoms with Crippen LogP contribution >= 0.6 is 0 Å². The quantitative estimate of drug-likeness (QED) is 0.783. The van der Waals surface area contributed by atoms with Gasteiger partial charge in [0.15, 0.2) is 0 Å². The molecule has 2 rings (SSSR count). The molecule has 1 aliphatic heterocycles. The molecule has 0 bridgehead atoms. The highest BCUT2D eigenvalue weighted by atomic mass is 19.1. The standard InChI is InChI=1S/C14H17FN2/c1-11-6-8-17(9-7-11)14(10-16)12-4-2-3-5-13(12)15/h2-5,11,14H,6-9H2,1H3. The predicted molar refractivity (Wildman–Crippen MR) is 64.7 cm³/mol. The fraction of sp³-hybridized carbons (Fsp3) is 0.500. The molecule has 0 amide bonds. The first-order valence-corrected chi connectivity index (χ1v) is 6.10. The van der Waals surface area contributed by atoms with E-state index >= 15 is 0 Å². The molecule has 1 atom stereocenters. The van der Waals surface area contributed by atoms with Crippen LogP contribution in [0, 0.1) is 23.1 Å². The summed E-state index contributed by atoms with van der Waals surface area (Å²) in [5.41, 5.74) is 0.504. The van der Waals surface area contributed by atoms with Gasteiger partial charge in [-0.1, -0.05) is 25.1 Å². The molecule has 1 heterocycles. The Labute approximate surface area is 102 Å². The minimum atomic E-state index is -0.441. The number of likely N-dealkylation sites (tertiary alicyclic amines) is 1. The van der Waals surface area contributed by atoms with Crippen molar-refractivity contribution in [2.45, 2.75) is 25.8 Å². The molecule has 0 N–H and O–H groups in total. The van der Waals surface area contributed by atoms with E-state index in [0.29, 0.717) is 11.5 Å². The van der Waals surface area contributed by atoms with E-state index in [2.05, 4.69) is 17.9 Å². The Hall–Kier alpha value is -1.40. The van der Waals surface area contributed by atoms with Crippen LogP contribution in [0.2, 0.25) is 0 Å². The first-order valence-electron chi connectivity index (χ1n) is 6.10. The number of hydrogen-bond acceptors (Lipinski definition) is 2. The number of benzene rings is 1. The second-order valence-corrected chi connectivity index (χ2v) is 4.77. The molecule has 1 aromatic carbocycles. The summed E-state index contributed by atoms with van der Waals surface area (Å²) in [6, 6.07) is 8.37. The van der Waals surface area contributed by atoms with Crippen LogP contribution in [0.4, 0.5) is 4.39 Å². The maximum absolute atomic E-state index is 13.7. The Morgan fingerprint density at radius 3 is 2.59 bits per heavy atom. The zero-order valence-corrected chi connectivity index (χ0v) is 10.1. The normalized spacial score (nSPS) is 19.8. The Balaban J connectivity index is 2.18. The average Bonchev–Trinajstić information content (AvgIpc) is 2.35. The van der Waals surface area contributed by atoms with Gasteiger partial charge in [-0.15, -0.1) is 0 Å². The smallest absolute Gasteiger partial charge is 0.129 e. The molecule has 1 unspecified atom stereocenters. The van der Waals surface area contributed by atoms with E-state index in [9.17, 15) is 9.65 Å². The topological polar surface area (TPSA) is 27.0 Å². The van der Waals surface area contributed by atoms with Crippen LogP contribution in [0.5, 0.6) is 0 Å². The Kier molecular flexibility index (Phi) is 3.75. The number of hydrogen-bond donors (Lipinski definition) is 0. The van der Waals surface area contributed by atoms with E-state index in [1.54, 1.807) is 18.2 Å². The van der Waals surface area contributed by atoms with Crippen molar-refractivity contribution in [3.05, 3.63) is 35.6 Å². The molecule has 0 aromatic heterocycles. The van der Waals surface area contributed by atoms with Crippen LogP contribution in [-0.2, 0) is 0 Å². The van der Waals surface area contributed by atoms with Gasteiger partial charge < -0.3 is 0 Å². The number of halogens is 1. The number of nitriles is 1. The SMILES string of the molecule is CC1CCN(C(C#N)c2ccccc2F)CC1. The lowest BCUT2D eigenvalue weighted by Crippen LogP contribution is -2.36. The van der Waals surface area contributed by atoms with Crippen molar-refractivity contribution < 1.29 is 4.39 Å². The van der Waals surface area contributed by atoms with Crippen molar-refractivity contribution in [1.29, 1.82) is 5.26 Å². The average molecular weight is 232 g/mol. The summed E-state index contributed by atoms with van der Waals surface area (Å²) in [4.78, 5) is 2.08. The molecule has 1 aromatic rings. The Morgan fingerprint density at radius 2 is 2.00 bits per heavy atom. The van der Waals surface area contributed by atoms with Crippen molar-refractivity contribution in [2.24, 2.45) is 5.92 Å². The molecule has 0 saturated carbocycles. The lowest BCUT2D eigenvalue weighted by molar-refractivity contribution is 0.163. The van der Waals surface area contributed by atoms with Gasteiger partial charge in [-0.2, -0.15) is 5.26 Å². The minimum absolute atomic E-state index is 0.280. The van der Waals surface area contributed by atoms with Gasteiger partial charge in [-0.3, -0.25) is 4.90 Å². The molecule has 2 nitrogen and oxygen atoms in total. The molecule has 0 radical (unpaired) electrons. The van der Waals surface area contributed by atoms with Crippen molar-refractivity contribution >= 4 is 0 Å². The van der Waals surface area contributed by atoms with Crippen molar-refractivity contribution in [1.82, 2.24) is 4.90 Å². The molecule has 1 aliphatic rings. The van der Waals surface area contributed by atoms with Crippen molar-refractivity contribution in [3.63, 3.8) is 0 Å². The fourth-order valence-corrected chi connectivity index (χ4v) is 2.33. The zero-order valence-electron chi connectivity index (χ0n) is 10.1. The molecule has 90 valence electrons. The van der Waals surface area contributed by atoms with Crippen LogP contribution < -0.4 is 0 Å². The monoisotopic (exact) mass is 232 g/mol. The van der Waals surface area contributed by atoms with Gasteiger partial charge in [-0.25, -0.2) is 4.39 Å². The molecule has 17 heavy (non-hydrogen) atoms. The highest BCUT2D eigenvalue weighted by Gasteiger charge is 2.25. The minimum Gasteiger partial charge on any atom is -0.284 e. The first kappa shape index (κ1) is 12.1. The van der Waals surface area contributed by atoms with E-state index in [1.165, 1.54) is 6.07 Å². The van der Waals surface area contributed by atoms with Gasteiger partial charge in [0.1, 0.15) is 11.9 Å². The van der Waals surface area contributed by atoms with Gasteiger partial charge in [0.2, 0.25) is 0 Å². The highest BCUT2D eigenvalue weighted by molar-refractivity contribution is 5.26. The summed E-state index contributed by atoms with van der Waals surface area (Å²) in [6.07, 6.45) is 2.18. The van der Waals surface area contributed by atoms with E-state index in [0.717, 1.165) is 25.9 Å². The van der Waals surface area contributed by atoms with Crippen molar-refractivity contribution in [2.75, 3.05) is 13.1 Å². The lowest BCUT2D eigenvalue weighted by atomic mass is 9.96. The number of nitrogens with zero attached hydrogens (tertiary/aromatic N) is 2. The first-order chi connectivity index (χ1) is 8.22. The fourth-order valence-electron chi connectivity index (χ4n) is 2.33. The van der Waals surface area contributed by atoms with Crippen LogP contribution in [0.15, 0.2) is 24.3 Å². The third-order valence-electron chi connectivity index (χ3n) is 3.51. The van der Waals surface area contributed by atoms with Crippen LogP contribution in [-0.4, -0.2) is 18.0 Å². The third-order valence-corrected chi connectivity index (χ3v) is 3.51. The Bertz CT molecular complexity index is 416. The molecule has 1 fully saturated rings. The molecular weight excluding hydrogens is 215 g/mol. The van der Waals surface area contributed by atoms with E-state index in [-0.39, 0.29) is 5.82 Å². The van der Waals surface area contributed by atoms with Crippen molar-refractivity contribution in [3.8, 4) is 6.07 Å². The summed E-state index contributed by atoms with van der Waals surface area (Å²) in [6.45, 7) is 3.99. The summed E-state index contributed by atoms with van der Waals surface area (Å²) in [5, 5.41) is 9.26. The predicted octanol–water partition coefficient (Wildman–Crippen LogP) is 3.12. The largest absolute Gasteiger partial charge is 0.284 e. The molecule has 3 heteroatoms. The number of rotatable bonds is 2. The van der Waals surface area contributed by atoms with Gasteiger partial charge in [-0.05, 0) is 37.9 Å². The van der Waals surface area contributed by atoms with Gasteiger partial charge in [0.05, 0.1) is 6.07 Å². The van der Waals surface area contributed by atoms with Gasteiger partial charge >= 0.3 is 0 Å². The van der Waals surface area contributed by atoms with E-state index < -0.39 is 6.04 Å². The summed E-state index contributed by atoms with van der Waals surface area (Å²) in [5.74, 6) is 0.434. The molecular formula is C14H17FN2. The van der Waals surface area contributed by atoms with Crippen LogP contribution in [0.1, 0.15) is 31.4 Å². The van der Waals surface area contributed by atoms with Crippen LogP contribution in [0.3, 0.4) is 0 Å². The second-order valence-electron chi connectivity index (χ2n) is 4.77. The zero-order chi connectivity index (χ0) is 12.3. The van der Waals surface area contributed by atoms with Gasteiger partial charge in [0, 0.05) is 5.56 Å². The highest BCUT2D eigenvalue weighted by Crippen LogP contribution is 2.27. The van der Waals surface area contributed by atoms with Crippen LogP contribution in [0.25, 0.3) is 0 Å². The summed E-state index contributed by atoms with van der Waals surface area (Å²) < 4.78 is 13.7. The van der Waals surface area contributed by atoms with E-state index in [1.807, 2.05) is 0 Å². The number of piperidine rings is 1. The summed E-state index contributed by atoms with van der Waals surface area (Å²) in [7, 11) is 0. The second kappa shape index (κ2) is 5.29. The molecule has 0 spiro atoms. The maximum Gasteiger partial charge on any atom is 0.129 e. The maximum atomic E-state index is 13.7. The summed E-state index contributed by atoms with van der Waals surface area (Å²) >= 11 is 0. The van der Waals surface area contributed by atoms with Gasteiger partial charge in [0.25, 0.3) is 0 Å². The van der Waals surface area contributed by atoms with E-state index in [4.69, 9.17) is 0 Å². The third kappa shape index (κ3) is 2.65. The Morgan fingerprint density at radius 1 is 1.35 bits per heavy atom. The molecule has 0 aliphatic carbocycles. The molecule has 1 saturated heterocycles.